The van der Waals surface area contributed by atoms with Crippen LogP contribution in [0.4, 0.5) is 5.82 Å². The quantitative estimate of drug-likeness (QED) is 0.854. The van der Waals surface area contributed by atoms with Crippen LogP contribution in [0.1, 0.15) is 24.1 Å². The lowest BCUT2D eigenvalue weighted by atomic mass is 10.3. The van der Waals surface area contributed by atoms with E-state index in [1.165, 1.54) is 0 Å². The molecule has 0 bridgehead atoms. The summed E-state index contributed by atoms with van der Waals surface area (Å²) in [5.41, 5.74) is 0.888. The van der Waals surface area contributed by atoms with Gasteiger partial charge in [0, 0.05) is 44.4 Å². The standard InChI is InChI=1S/C13H18ClN5/c1-4-10-17-12(14)9(2)13(18-10)16-6-5-11-15-7-8-19(11)3/h7-8H,4-6H2,1-3H3,(H,16,17,18). The summed E-state index contributed by atoms with van der Waals surface area (Å²) in [6, 6.07) is 0. The maximum Gasteiger partial charge on any atom is 0.137 e. The Morgan fingerprint density at radius 3 is 2.79 bits per heavy atom. The monoisotopic (exact) mass is 279 g/mol. The molecular weight excluding hydrogens is 262 g/mol. The number of nitrogens with one attached hydrogen (secondary N) is 1. The van der Waals surface area contributed by atoms with Crippen LogP contribution in [0.15, 0.2) is 12.4 Å². The Balaban J connectivity index is 2.03. The van der Waals surface area contributed by atoms with Crippen LogP contribution < -0.4 is 5.32 Å². The van der Waals surface area contributed by atoms with Crippen LogP contribution in [-0.4, -0.2) is 26.1 Å². The first kappa shape index (κ1) is 13.8. The summed E-state index contributed by atoms with van der Waals surface area (Å²) in [5, 5.41) is 3.82. The Morgan fingerprint density at radius 2 is 2.16 bits per heavy atom. The van der Waals surface area contributed by atoms with Gasteiger partial charge in [-0.3, -0.25) is 0 Å². The summed E-state index contributed by atoms with van der Waals surface area (Å²) < 4.78 is 2.01. The highest BCUT2D eigenvalue weighted by Crippen LogP contribution is 2.19. The van der Waals surface area contributed by atoms with E-state index in [-0.39, 0.29) is 0 Å². The fourth-order valence-electron chi connectivity index (χ4n) is 1.79. The summed E-state index contributed by atoms with van der Waals surface area (Å²) >= 11 is 6.09. The smallest absolute Gasteiger partial charge is 0.137 e. The van der Waals surface area contributed by atoms with Crippen molar-refractivity contribution in [2.45, 2.75) is 26.7 Å². The van der Waals surface area contributed by atoms with Crippen molar-refractivity contribution in [1.29, 1.82) is 0 Å². The van der Waals surface area contributed by atoms with Gasteiger partial charge in [-0.1, -0.05) is 18.5 Å². The number of nitrogens with zero attached hydrogens (tertiary/aromatic N) is 4. The van der Waals surface area contributed by atoms with Crippen molar-refractivity contribution < 1.29 is 0 Å². The van der Waals surface area contributed by atoms with E-state index < -0.39 is 0 Å². The topological polar surface area (TPSA) is 55.6 Å². The molecule has 0 aliphatic carbocycles. The van der Waals surface area contributed by atoms with Crippen molar-refractivity contribution in [2.24, 2.45) is 7.05 Å². The van der Waals surface area contributed by atoms with E-state index >= 15 is 0 Å². The van der Waals surface area contributed by atoms with Crippen LogP contribution in [0.25, 0.3) is 0 Å². The van der Waals surface area contributed by atoms with Crippen molar-refractivity contribution in [1.82, 2.24) is 19.5 Å². The Morgan fingerprint density at radius 1 is 1.37 bits per heavy atom. The Kier molecular flexibility index (Phi) is 4.37. The van der Waals surface area contributed by atoms with E-state index in [0.29, 0.717) is 5.15 Å². The van der Waals surface area contributed by atoms with Gasteiger partial charge in [-0.25, -0.2) is 15.0 Å². The molecule has 0 aromatic carbocycles. The molecule has 2 rings (SSSR count). The van der Waals surface area contributed by atoms with Gasteiger partial charge in [-0.15, -0.1) is 0 Å². The van der Waals surface area contributed by atoms with E-state index in [9.17, 15) is 0 Å². The van der Waals surface area contributed by atoms with Gasteiger partial charge in [-0.05, 0) is 6.92 Å². The number of imidazole rings is 1. The Hall–Kier alpha value is -1.62. The largest absolute Gasteiger partial charge is 0.369 e. The third-order valence-electron chi connectivity index (χ3n) is 3.01. The van der Waals surface area contributed by atoms with Crippen LogP contribution in [0.3, 0.4) is 0 Å². The van der Waals surface area contributed by atoms with E-state index in [1.807, 2.05) is 31.7 Å². The van der Waals surface area contributed by atoms with Gasteiger partial charge < -0.3 is 9.88 Å². The maximum atomic E-state index is 6.09. The highest BCUT2D eigenvalue weighted by Gasteiger charge is 2.08. The first-order chi connectivity index (χ1) is 9.11. The molecule has 19 heavy (non-hydrogen) atoms. The van der Waals surface area contributed by atoms with Crippen molar-refractivity contribution in [2.75, 3.05) is 11.9 Å². The second-order valence-electron chi connectivity index (χ2n) is 4.39. The average molecular weight is 280 g/mol. The lowest BCUT2D eigenvalue weighted by molar-refractivity contribution is 0.787. The molecule has 0 fully saturated rings. The van der Waals surface area contributed by atoms with E-state index in [4.69, 9.17) is 11.6 Å². The summed E-state index contributed by atoms with van der Waals surface area (Å²) in [6.45, 7) is 4.70. The van der Waals surface area contributed by atoms with Gasteiger partial charge >= 0.3 is 0 Å². The van der Waals surface area contributed by atoms with Gasteiger partial charge in [0.25, 0.3) is 0 Å². The molecule has 0 radical (unpaired) electrons. The highest BCUT2D eigenvalue weighted by atomic mass is 35.5. The molecule has 0 aliphatic rings. The van der Waals surface area contributed by atoms with Crippen molar-refractivity contribution in [3.8, 4) is 0 Å². The summed E-state index contributed by atoms with van der Waals surface area (Å²) in [6.07, 6.45) is 5.36. The average Bonchev–Trinajstić information content (AvgIpc) is 2.80. The zero-order valence-corrected chi connectivity index (χ0v) is 12.2. The third-order valence-corrected chi connectivity index (χ3v) is 3.38. The summed E-state index contributed by atoms with van der Waals surface area (Å²) in [5.74, 6) is 2.61. The van der Waals surface area contributed by atoms with Gasteiger partial charge in [0.2, 0.25) is 0 Å². The molecule has 0 atom stereocenters. The number of halogens is 1. The van der Waals surface area contributed by atoms with E-state index in [1.54, 1.807) is 6.20 Å². The molecule has 0 unspecified atom stereocenters. The molecule has 0 saturated carbocycles. The van der Waals surface area contributed by atoms with Crippen LogP contribution in [-0.2, 0) is 19.9 Å². The van der Waals surface area contributed by atoms with Gasteiger partial charge in [0.1, 0.15) is 22.6 Å². The summed E-state index contributed by atoms with van der Waals surface area (Å²) in [4.78, 5) is 13.0. The van der Waals surface area contributed by atoms with E-state index in [2.05, 4.69) is 20.3 Å². The van der Waals surface area contributed by atoms with Crippen LogP contribution in [0.2, 0.25) is 5.15 Å². The minimum atomic E-state index is 0.520. The molecule has 0 aliphatic heterocycles. The second-order valence-corrected chi connectivity index (χ2v) is 4.75. The Labute approximate surface area is 118 Å². The molecule has 0 saturated heterocycles. The minimum absolute atomic E-state index is 0.520. The number of aromatic nitrogens is 4. The zero-order valence-electron chi connectivity index (χ0n) is 11.4. The molecule has 2 aromatic heterocycles. The maximum absolute atomic E-state index is 6.09. The molecule has 6 heteroatoms. The van der Waals surface area contributed by atoms with Crippen LogP contribution in [0.5, 0.6) is 0 Å². The summed E-state index contributed by atoms with van der Waals surface area (Å²) in [7, 11) is 1.99. The molecule has 1 N–H and O–H groups in total. The predicted octanol–water partition coefficient (Wildman–Crippen LogP) is 2.39. The first-order valence-corrected chi connectivity index (χ1v) is 6.72. The van der Waals surface area contributed by atoms with Gasteiger partial charge in [0.15, 0.2) is 0 Å². The number of anilines is 1. The lowest BCUT2D eigenvalue weighted by Crippen LogP contribution is -2.12. The van der Waals surface area contributed by atoms with Gasteiger partial charge in [0.05, 0.1) is 0 Å². The first-order valence-electron chi connectivity index (χ1n) is 6.35. The SMILES string of the molecule is CCc1nc(Cl)c(C)c(NCCc2nccn2C)n1. The number of hydrogen-bond donors (Lipinski definition) is 1. The predicted molar refractivity (Wildman–Crippen MR) is 76.6 cm³/mol. The molecule has 5 nitrogen and oxygen atoms in total. The van der Waals surface area contributed by atoms with Crippen LogP contribution in [0, 0.1) is 6.92 Å². The lowest BCUT2D eigenvalue weighted by Gasteiger charge is -2.10. The molecule has 0 spiro atoms. The number of hydrogen-bond acceptors (Lipinski definition) is 4. The van der Waals surface area contributed by atoms with E-state index in [0.717, 1.165) is 42.4 Å². The van der Waals surface area contributed by atoms with Crippen molar-refractivity contribution in [3.63, 3.8) is 0 Å². The number of aryl methyl sites for hydroxylation is 2. The minimum Gasteiger partial charge on any atom is -0.369 e. The Bertz CT molecular complexity index is 564. The molecule has 2 heterocycles. The third kappa shape index (κ3) is 3.23. The molecule has 102 valence electrons. The molecule has 2 aromatic rings. The fourth-order valence-corrected chi connectivity index (χ4v) is 1.98. The molecule has 0 amide bonds. The zero-order chi connectivity index (χ0) is 13.8. The van der Waals surface area contributed by atoms with Crippen molar-refractivity contribution in [3.05, 3.63) is 34.8 Å². The second kappa shape index (κ2) is 6.02. The highest BCUT2D eigenvalue weighted by molar-refractivity contribution is 6.30. The van der Waals surface area contributed by atoms with Crippen LogP contribution >= 0.6 is 11.6 Å². The molecular formula is C13H18ClN5. The normalized spacial score (nSPS) is 10.7. The van der Waals surface area contributed by atoms with Crippen molar-refractivity contribution >= 4 is 17.4 Å². The number of rotatable bonds is 5. The fraction of sp³-hybridized carbons (Fsp3) is 0.462. The van der Waals surface area contributed by atoms with Gasteiger partial charge in [-0.2, -0.15) is 0 Å².